The highest BCUT2D eigenvalue weighted by atomic mass is 35.6. The molecule has 0 saturated carbocycles. The minimum atomic E-state index is -2.32. The Kier molecular flexibility index (Phi) is 9.60. The number of carbonyl (C=O) groups is 4. The molecule has 0 aliphatic carbocycles. The summed E-state index contributed by atoms with van der Waals surface area (Å²) in [5, 5.41) is 35.5. The molecule has 170 valence electrons. The molecule has 1 aliphatic rings. The second-order valence-electron chi connectivity index (χ2n) is 6.58. The minimum Gasteiger partial charge on any atom is -0.481 e. The molecular weight excluding hydrogens is 473 g/mol. The van der Waals surface area contributed by atoms with Gasteiger partial charge < -0.3 is 29.5 Å². The minimum absolute atomic E-state index is 0.454. The van der Waals surface area contributed by atoms with E-state index in [9.17, 15) is 34.5 Å². The van der Waals surface area contributed by atoms with Gasteiger partial charge in [0.1, 0.15) is 6.61 Å². The van der Waals surface area contributed by atoms with Crippen LogP contribution in [-0.2, 0) is 33.4 Å². The van der Waals surface area contributed by atoms with Gasteiger partial charge in [-0.15, -0.1) is 0 Å². The SMILES string of the molecule is CC(=O)OC[C@@H]1O[C@@H](OC(=N)C(Cl)(Cl)Cl)[C@H](CC(=O)O)[C@@H](CC(=O)O)[C@H]1CC(=O)O. The summed E-state index contributed by atoms with van der Waals surface area (Å²) in [6.45, 7) is 0.646. The van der Waals surface area contributed by atoms with Gasteiger partial charge in [0.25, 0.3) is 3.79 Å². The first-order valence-electron chi connectivity index (χ1n) is 8.49. The molecule has 1 rings (SSSR count). The van der Waals surface area contributed by atoms with Gasteiger partial charge in [-0.25, -0.2) is 0 Å². The summed E-state index contributed by atoms with van der Waals surface area (Å²) in [5.74, 6) is -8.92. The molecule has 1 saturated heterocycles. The lowest BCUT2D eigenvalue weighted by molar-refractivity contribution is -0.242. The summed E-state index contributed by atoms with van der Waals surface area (Å²) >= 11 is 16.7. The van der Waals surface area contributed by atoms with E-state index in [0.29, 0.717) is 0 Å². The van der Waals surface area contributed by atoms with E-state index in [1.54, 1.807) is 0 Å². The molecule has 0 radical (unpaired) electrons. The highest BCUT2D eigenvalue weighted by Crippen LogP contribution is 2.43. The zero-order valence-electron chi connectivity index (χ0n) is 15.5. The number of carbonyl (C=O) groups excluding carboxylic acids is 1. The number of hydrogen-bond donors (Lipinski definition) is 4. The van der Waals surface area contributed by atoms with E-state index >= 15 is 0 Å². The van der Waals surface area contributed by atoms with E-state index in [-0.39, 0.29) is 0 Å². The molecular formula is C16H20Cl3NO10. The number of carboxylic acid groups (broad SMARTS) is 3. The molecule has 1 aliphatic heterocycles. The summed E-state index contributed by atoms with van der Waals surface area (Å²) in [5.41, 5.74) is 0. The van der Waals surface area contributed by atoms with Crippen LogP contribution >= 0.6 is 34.8 Å². The van der Waals surface area contributed by atoms with Crippen LogP contribution in [0.3, 0.4) is 0 Å². The lowest BCUT2D eigenvalue weighted by Gasteiger charge is -2.45. The third kappa shape index (κ3) is 8.13. The summed E-state index contributed by atoms with van der Waals surface area (Å²) < 4.78 is 13.4. The average Bonchev–Trinajstić information content (AvgIpc) is 2.56. The molecule has 1 fully saturated rings. The molecule has 0 unspecified atom stereocenters. The standard InChI is InChI=1S/C16H20Cl3NO10/c1-6(21)28-5-10-8(3-12(24)25)7(2-11(22)23)9(4-13(26)27)14(29-10)30-15(20)16(17,18)19/h7-10,14,20H,2-5H2,1H3,(H,22,23)(H,24,25)(H,26,27)/t7-,8+,9+,10-,14-/m0/s1. The predicted octanol–water partition coefficient (Wildman–Crippen LogP) is 1.91. The Morgan fingerprint density at radius 3 is 1.83 bits per heavy atom. The van der Waals surface area contributed by atoms with Crippen molar-refractivity contribution < 1.29 is 48.7 Å². The van der Waals surface area contributed by atoms with E-state index in [1.165, 1.54) is 0 Å². The predicted molar refractivity (Wildman–Crippen MR) is 102 cm³/mol. The van der Waals surface area contributed by atoms with Crippen molar-refractivity contribution >= 4 is 64.6 Å². The number of alkyl halides is 3. The smallest absolute Gasteiger partial charge is 0.303 e. The van der Waals surface area contributed by atoms with Crippen molar-refractivity contribution in [3.8, 4) is 0 Å². The quantitative estimate of drug-likeness (QED) is 0.161. The van der Waals surface area contributed by atoms with Crippen molar-refractivity contribution in [1.82, 2.24) is 0 Å². The number of nitrogens with one attached hydrogen (secondary N) is 1. The van der Waals surface area contributed by atoms with Gasteiger partial charge in [0.2, 0.25) is 12.2 Å². The zero-order valence-corrected chi connectivity index (χ0v) is 17.8. The van der Waals surface area contributed by atoms with Gasteiger partial charge in [-0.1, -0.05) is 34.8 Å². The van der Waals surface area contributed by atoms with Crippen LogP contribution in [0, 0.1) is 23.2 Å². The van der Waals surface area contributed by atoms with Crippen LogP contribution in [0.2, 0.25) is 0 Å². The number of carboxylic acids is 3. The van der Waals surface area contributed by atoms with E-state index in [2.05, 4.69) is 0 Å². The zero-order chi connectivity index (χ0) is 23.2. The number of ether oxygens (including phenoxy) is 3. The second-order valence-corrected chi connectivity index (χ2v) is 8.86. The highest BCUT2D eigenvalue weighted by molar-refractivity contribution is 6.76. The average molecular weight is 493 g/mol. The van der Waals surface area contributed by atoms with Gasteiger partial charge >= 0.3 is 23.9 Å². The molecule has 1 heterocycles. The first kappa shape index (κ1) is 26.2. The Bertz CT molecular complexity index is 695. The van der Waals surface area contributed by atoms with Crippen LogP contribution in [0.4, 0.5) is 0 Å². The normalized spacial score (nSPS) is 26.5. The van der Waals surface area contributed by atoms with Gasteiger partial charge in [0, 0.05) is 25.2 Å². The highest BCUT2D eigenvalue weighted by Gasteiger charge is 2.50. The monoisotopic (exact) mass is 491 g/mol. The Labute approximate surface area is 185 Å². The van der Waals surface area contributed by atoms with Crippen LogP contribution in [0.15, 0.2) is 0 Å². The van der Waals surface area contributed by atoms with Gasteiger partial charge in [-0.05, 0) is 5.92 Å². The first-order chi connectivity index (χ1) is 13.7. The maximum Gasteiger partial charge on any atom is 0.303 e. The van der Waals surface area contributed by atoms with Crippen molar-refractivity contribution in [2.75, 3.05) is 6.61 Å². The van der Waals surface area contributed by atoms with Crippen molar-refractivity contribution in [1.29, 1.82) is 5.41 Å². The first-order valence-corrected chi connectivity index (χ1v) is 9.62. The van der Waals surface area contributed by atoms with Crippen LogP contribution < -0.4 is 0 Å². The van der Waals surface area contributed by atoms with Crippen LogP contribution in [0.5, 0.6) is 0 Å². The van der Waals surface area contributed by atoms with Gasteiger partial charge in [0.05, 0.1) is 18.9 Å². The lowest BCUT2D eigenvalue weighted by atomic mass is 9.71. The largest absolute Gasteiger partial charge is 0.481 e. The Hall–Kier alpha value is -1.82. The maximum atomic E-state index is 11.4. The summed E-state index contributed by atoms with van der Waals surface area (Å²) in [6.07, 6.45) is -4.64. The number of aliphatic carboxylic acids is 3. The van der Waals surface area contributed by atoms with Crippen LogP contribution in [0.25, 0.3) is 0 Å². The molecule has 0 spiro atoms. The fourth-order valence-corrected chi connectivity index (χ4v) is 3.40. The molecule has 11 nitrogen and oxygen atoms in total. The maximum absolute atomic E-state index is 11.4. The molecule has 0 bridgehead atoms. The molecule has 30 heavy (non-hydrogen) atoms. The number of hydrogen-bond acceptors (Lipinski definition) is 8. The third-order valence-corrected chi connectivity index (χ3v) is 4.92. The summed E-state index contributed by atoms with van der Waals surface area (Å²) in [4.78, 5) is 45.3. The van der Waals surface area contributed by atoms with Gasteiger partial charge in [-0.2, -0.15) is 0 Å². The van der Waals surface area contributed by atoms with Crippen molar-refractivity contribution in [3.05, 3.63) is 0 Å². The molecule has 14 heteroatoms. The fraction of sp³-hybridized carbons (Fsp3) is 0.688. The van der Waals surface area contributed by atoms with Crippen molar-refractivity contribution in [2.24, 2.45) is 17.8 Å². The van der Waals surface area contributed by atoms with E-state index in [4.69, 9.17) is 54.4 Å². The van der Waals surface area contributed by atoms with Gasteiger partial charge in [0.15, 0.2) is 0 Å². The number of halogens is 3. The summed E-state index contributed by atoms with van der Waals surface area (Å²) in [6, 6.07) is 0. The number of rotatable bonds is 9. The topological polar surface area (TPSA) is 181 Å². The van der Waals surface area contributed by atoms with Crippen molar-refractivity contribution in [3.63, 3.8) is 0 Å². The van der Waals surface area contributed by atoms with Crippen molar-refractivity contribution in [2.45, 2.75) is 42.4 Å². The second kappa shape index (κ2) is 11.0. The third-order valence-electron chi connectivity index (χ3n) is 4.41. The fourth-order valence-electron chi connectivity index (χ4n) is 3.27. The molecule has 5 atom stereocenters. The Morgan fingerprint density at radius 2 is 1.40 bits per heavy atom. The van der Waals surface area contributed by atoms with E-state index in [0.717, 1.165) is 6.92 Å². The molecule has 0 aromatic heterocycles. The van der Waals surface area contributed by atoms with E-state index in [1.807, 2.05) is 0 Å². The molecule has 4 N–H and O–H groups in total. The van der Waals surface area contributed by atoms with Gasteiger partial charge in [-0.3, -0.25) is 24.6 Å². The Morgan fingerprint density at radius 1 is 0.933 bits per heavy atom. The van der Waals surface area contributed by atoms with Crippen LogP contribution in [-0.4, -0.2) is 67.9 Å². The number of esters is 1. The molecule has 0 aromatic carbocycles. The molecule has 0 amide bonds. The van der Waals surface area contributed by atoms with E-state index < -0.39 is 89.6 Å². The van der Waals surface area contributed by atoms with Crippen LogP contribution in [0.1, 0.15) is 26.2 Å². The molecule has 0 aromatic rings. The Balaban J connectivity index is 3.37. The summed E-state index contributed by atoms with van der Waals surface area (Å²) in [7, 11) is 0. The lowest BCUT2D eigenvalue weighted by Crippen LogP contribution is -2.53.